The Balaban J connectivity index is 1.91. The molecule has 1 aliphatic carbocycles. The van der Waals surface area contributed by atoms with E-state index in [0.29, 0.717) is 16.1 Å². The second-order valence-corrected chi connectivity index (χ2v) is 5.33. The number of hydrogen-bond acceptors (Lipinski definition) is 7. The third-order valence-electron chi connectivity index (χ3n) is 2.85. The van der Waals surface area contributed by atoms with Gasteiger partial charge in [-0.1, -0.05) is 0 Å². The smallest absolute Gasteiger partial charge is 0.258 e. The molecule has 0 atom stereocenters. The Labute approximate surface area is 117 Å². The summed E-state index contributed by atoms with van der Waals surface area (Å²) in [7, 11) is 0. The molecule has 1 aliphatic rings. The highest BCUT2D eigenvalue weighted by atomic mass is 32.2. The highest BCUT2D eigenvalue weighted by Crippen LogP contribution is 2.38. The van der Waals surface area contributed by atoms with Gasteiger partial charge >= 0.3 is 0 Å². The molecule has 1 aromatic heterocycles. The van der Waals surface area contributed by atoms with Crippen molar-refractivity contribution >= 4 is 17.4 Å². The Bertz CT molecular complexity index is 718. The molecule has 20 heavy (non-hydrogen) atoms. The SMILES string of the molecule is N#Cc1ccc(Sc2nnnn2C2CC2)cc1[N+](=O)[O-]. The lowest BCUT2D eigenvalue weighted by Gasteiger charge is -2.02. The summed E-state index contributed by atoms with van der Waals surface area (Å²) >= 11 is 1.25. The maximum atomic E-state index is 10.9. The lowest BCUT2D eigenvalue weighted by Crippen LogP contribution is -1.98. The second-order valence-electron chi connectivity index (χ2n) is 4.29. The van der Waals surface area contributed by atoms with Gasteiger partial charge in [-0.25, -0.2) is 4.68 Å². The van der Waals surface area contributed by atoms with E-state index in [0.717, 1.165) is 12.8 Å². The quantitative estimate of drug-likeness (QED) is 0.624. The van der Waals surface area contributed by atoms with E-state index in [9.17, 15) is 10.1 Å². The third-order valence-corrected chi connectivity index (χ3v) is 3.79. The average molecular weight is 288 g/mol. The number of hydrogen-bond donors (Lipinski definition) is 0. The van der Waals surface area contributed by atoms with E-state index in [4.69, 9.17) is 5.26 Å². The maximum Gasteiger partial charge on any atom is 0.288 e. The standard InChI is InChI=1S/C11H8N6O2S/c12-6-7-1-4-9(5-10(7)17(18)19)20-11-13-14-15-16(11)8-2-3-8/h1,4-5,8H,2-3H2. The van der Waals surface area contributed by atoms with Gasteiger partial charge in [-0.3, -0.25) is 10.1 Å². The Morgan fingerprint density at radius 1 is 1.50 bits per heavy atom. The number of benzene rings is 1. The number of nitrogens with zero attached hydrogens (tertiary/aromatic N) is 6. The van der Waals surface area contributed by atoms with Gasteiger partial charge in [0, 0.05) is 11.0 Å². The van der Waals surface area contributed by atoms with Crippen LogP contribution in [0.2, 0.25) is 0 Å². The summed E-state index contributed by atoms with van der Waals surface area (Å²) in [5, 5.41) is 31.8. The molecule has 0 amide bonds. The molecule has 0 unspecified atom stereocenters. The van der Waals surface area contributed by atoms with Crippen molar-refractivity contribution in [3.63, 3.8) is 0 Å². The van der Waals surface area contributed by atoms with Gasteiger partial charge in [0.2, 0.25) is 5.16 Å². The molecule has 1 saturated carbocycles. The lowest BCUT2D eigenvalue weighted by atomic mass is 10.2. The number of nitro groups is 1. The summed E-state index contributed by atoms with van der Waals surface area (Å²) in [5.74, 6) is 0. The minimum absolute atomic E-state index is 0.0427. The predicted molar refractivity (Wildman–Crippen MR) is 68.0 cm³/mol. The van der Waals surface area contributed by atoms with Crippen molar-refractivity contribution in [2.45, 2.75) is 28.9 Å². The van der Waals surface area contributed by atoms with Gasteiger partial charge in [0.15, 0.2) is 0 Å². The zero-order valence-electron chi connectivity index (χ0n) is 10.1. The van der Waals surface area contributed by atoms with Crippen LogP contribution in [0.25, 0.3) is 0 Å². The Hall–Kier alpha value is -2.47. The molecule has 8 nitrogen and oxygen atoms in total. The summed E-state index contributed by atoms with van der Waals surface area (Å²) < 4.78 is 1.73. The molecule has 3 rings (SSSR count). The molecule has 0 aliphatic heterocycles. The molecule has 1 heterocycles. The van der Waals surface area contributed by atoms with Crippen molar-refractivity contribution in [2.75, 3.05) is 0 Å². The Morgan fingerprint density at radius 3 is 2.95 bits per heavy atom. The molecule has 1 aromatic carbocycles. The maximum absolute atomic E-state index is 10.9. The van der Waals surface area contributed by atoms with E-state index in [2.05, 4.69) is 15.5 Å². The van der Waals surface area contributed by atoms with E-state index in [-0.39, 0.29) is 11.3 Å². The highest BCUT2D eigenvalue weighted by molar-refractivity contribution is 7.99. The number of tetrazole rings is 1. The van der Waals surface area contributed by atoms with Crippen LogP contribution in [0, 0.1) is 21.4 Å². The summed E-state index contributed by atoms with van der Waals surface area (Å²) in [6.45, 7) is 0. The first-order chi connectivity index (χ1) is 9.69. The molecule has 9 heteroatoms. The molecule has 0 N–H and O–H groups in total. The molecule has 0 saturated heterocycles. The number of aromatic nitrogens is 4. The van der Waals surface area contributed by atoms with Gasteiger partial charge in [-0.05, 0) is 47.2 Å². The van der Waals surface area contributed by atoms with Crippen LogP contribution in [-0.4, -0.2) is 25.1 Å². The summed E-state index contributed by atoms with van der Waals surface area (Å²) in [5.41, 5.74) is -0.163. The second kappa shape index (κ2) is 4.90. The van der Waals surface area contributed by atoms with E-state index in [1.807, 2.05) is 0 Å². The number of nitro benzene ring substituents is 1. The molecular formula is C11H8N6O2S. The van der Waals surface area contributed by atoms with Crippen LogP contribution in [0.15, 0.2) is 28.3 Å². The van der Waals surface area contributed by atoms with Crippen molar-refractivity contribution < 1.29 is 4.92 Å². The van der Waals surface area contributed by atoms with Crippen LogP contribution in [0.4, 0.5) is 5.69 Å². The molecule has 2 aromatic rings. The van der Waals surface area contributed by atoms with Gasteiger partial charge in [0.25, 0.3) is 5.69 Å². The Kier molecular flexibility index (Phi) is 3.08. The van der Waals surface area contributed by atoms with Crippen molar-refractivity contribution in [1.29, 1.82) is 5.26 Å². The van der Waals surface area contributed by atoms with Crippen LogP contribution < -0.4 is 0 Å². The zero-order valence-corrected chi connectivity index (χ0v) is 10.9. The van der Waals surface area contributed by atoms with E-state index in [1.165, 1.54) is 23.9 Å². The first kappa shape index (κ1) is 12.6. The zero-order chi connectivity index (χ0) is 14.1. The van der Waals surface area contributed by atoms with Crippen LogP contribution in [-0.2, 0) is 0 Å². The minimum Gasteiger partial charge on any atom is -0.258 e. The molecule has 0 spiro atoms. The van der Waals surface area contributed by atoms with Crippen LogP contribution in [0.5, 0.6) is 0 Å². The summed E-state index contributed by atoms with van der Waals surface area (Å²) in [6.07, 6.45) is 2.10. The fourth-order valence-electron chi connectivity index (χ4n) is 1.73. The van der Waals surface area contributed by atoms with Gasteiger partial charge in [0.1, 0.15) is 11.6 Å². The van der Waals surface area contributed by atoms with Crippen LogP contribution >= 0.6 is 11.8 Å². The number of rotatable bonds is 4. The molecule has 1 fully saturated rings. The fraction of sp³-hybridized carbons (Fsp3) is 0.273. The normalized spacial score (nSPS) is 13.9. The fourth-order valence-corrected chi connectivity index (χ4v) is 2.60. The number of nitriles is 1. The van der Waals surface area contributed by atoms with Crippen molar-refractivity contribution in [3.8, 4) is 6.07 Å². The highest BCUT2D eigenvalue weighted by Gasteiger charge is 2.28. The average Bonchev–Trinajstić information content (AvgIpc) is 3.19. The monoisotopic (exact) mass is 288 g/mol. The molecule has 0 bridgehead atoms. The molecule has 0 radical (unpaired) electrons. The topological polar surface area (TPSA) is 111 Å². The van der Waals surface area contributed by atoms with Crippen LogP contribution in [0.3, 0.4) is 0 Å². The Morgan fingerprint density at radius 2 is 2.30 bits per heavy atom. The summed E-state index contributed by atoms with van der Waals surface area (Å²) in [4.78, 5) is 11.0. The minimum atomic E-state index is -0.563. The van der Waals surface area contributed by atoms with E-state index >= 15 is 0 Å². The first-order valence-corrected chi connectivity index (χ1v) is 6.65. The first-order valence-electron chi connectivity index (χ1n) is 5.83. The predicted octanol–water partition coefficient (Wildman–Crippen LogP) is 1.94. The van der Waals surface area contributed by atoms with E-state index < -0.39 is 4.92 Å². The van der Waals surface area contributed by atoms with Crippen molar-refractivity contribution in [2.24, 2.45) is 0 Å². The summed E-state index contributed by atoms with van der Waals surface area (Å²) in [6, 6.07) is 6.60. The van der Waals surface area contributed by atoms with Crippen molar-refractivity contribution in [1.82, 2.24) is 20.2 Å². The van der Waals surface area contributed by atoms with Gasteiger partial charge in [-0.15, -0.1) is 5.10 Å². The molecular weight excluding hydrogens is 280 g/mol. The van der Waals surface area contributed by atoms with Gasteiger partial charge in [0.05, 0.1) is 11.0 Å². The third kappa shape index (κ3) is 2.33. The van der Waals surface area contributed by atoms with Gasteiger partial charge in [-0.2, -0.15) is 5.26 Å². The lowest BCUT2D eigenvalue weighted by molar-refractivity contribution is -0.385. The van der Waals surface area contributed by atoms with E-state index in [1.54, 1.807) is 16.8 Å². The molecule has 100 valence electrons. The largest absolute Gasteiger partial charge is 0.288 e. The van der Waals surface area contributed by atoms with Crippen molar-refractivity contribution in [3.05, 3.63) is 33.9 Å². The van der Waals surface area contributed by atoms with Crippen LogP contribution in [0.1, 0.15) is 24.4 Å². The van der Waals surface area contributed by atoms with Gasteiger partial charge < -0.3 is 0 Å².